The lowest BCUT2D eigenvalue weighted by molar-refractivity contribution is 0.164. The molecule has 4 rings (SSSR count). The van der Waals surface area contributed by atoms with Crippen LogP contribution in [0.4, 0.5) is 5.69 Å². The molecule has 8 heteroatoms. The first-order valence-corrected chi connectivity index (χ1v) is 13.5. The molecule has 0 saturated carbocycles. The second-order valence-electron chi connectivity index (χ2n) is 8.40. The van der Waals surface area contributed by atoms with E-state index < -0.39 is 10.0 Å². The number of hydrogen-bond acceptors (Lipinski definition) is 6. The van der Waals surface area contributed by atoms with Gasteiger partial charge in [-0.1, -0.05) is 23.8 Å². The average molecular weight is 486 g/mol. The highest BCUT2D eigenvalue weighted by atomic mass is 32.2. The number of hydrogen-bond donors (Lipinski definition) is 1. The van der Waals surface area contributed by atoms with Crippen molar-refractivity contribution in [3.05, 3.63) is 76.5 Å². The lowest BCUT2D eigenvalue weighted by atomic mass is 10.1. The third-order valence-corrected chi connectivity index (χ3v) is 8.64. The van der Waals surface area contributed by atoms with Crippen LogP contribution in [-0.2, 0) is 10.0 Å². The fraction of sp³-hybridized carbons (Fsp3) is 0.360. The van der Waals surface area contributed by atoms with E-state index in [0.29, 0.717) is 4.90 Å². The number of anilines is 1. The molecule has 0 bridgehead atoms. The summed E-state index contributed by atoms with van der Waals surface area (Å²) in [6.07, 6.45) is 0. The zero-order valence-electron chi connectivity index (χ0n) is 19.3. The second kappa shape index (κ2) is 10.3. The van der Waals surface area contributed by atoms with Crippen molar-refractivity contribution in [2.75, 3.05) is 38.2 Å². The fourth-order valence-corrected chi connectivity index (χ4v) is 6.56. The SMILES string of the molecule is COc1ccc(N2CCN([C@H](c3cccs3)[C@@H](C)NS(=O)(=O)c3ccc(C)cc3)CC2)cc1. The number of methoxy groups -OCH3 is 1. The number of benzene rings is 2. The van der Waals surface area contributed by atoms with Crippen molar-refractivity contribution in [1.29, 1.82) is 0 Å². The molecule has 0 amide bonds. The van der Waals surface area contributed by atoms with Crippen LogP contribution in [0.15, 0.2) is 70.9 Å². The smallest absolute Gasteiger partial charge is 0.240 e. The lowest BCUT2D eigenvalue weighted by Gasteiger charge is -2.42. The van der Waals surface area contributed by atoms with Gasteiger partial charge in [0, 0.05) is 42.8 Å². The van der Waals surface area contributed by atoms with Crippen LogP contribution in [0.3, 0.4) is 0 Å². The molecule has 2 aromatic carbocycles. The van der Waals surface area contributed by atoms with Crippen LogP contribution in [-0.4, -0.2) is 52.6 Å². The minimum atomic E-state index is -3.61. The number of nitrogens with one attached hydrogen (secondary N) is 1. The average Bonchev–Trinajstić information content (AvgIpc) is 3.34. The van der Waals surface area contributed by atoms with Crippen LogP contribution < -0.4 is 14.4 Å². The molecule has 1 saturated heterocycles. The first-order valence-electron chi connectivity index (χ1n) is 11.1. The predicted octanol–water partition coefficient (Wildman–Crippen LogP) is 4.30. The van der Waals surface area contributed by atoms with Crippen LogP contribution in [0, 0.1) is 6.92 Å². The summed E-state index contributed by atoms with van der Waals surface area (Å²) in [6.45, 7) is 7.38. The molecule has 33 heavy (non-hydrogen) atoms. The molecular formula is C25H31N3O3S2. The zero-order chi connectivity index (χ0) is 23.4. The number of thiophene rings is 1. The van der Waals surface area contributed by atoms with Crippen LogP contribution >= 0.6 is 11.3 Å². The van der Waals surface area contributed by atoms with Crippen LogP contribution in [0.1, 0.15) is 23.4 Å². The van der Waals surface area contributed by atoms with Crippen LogP contribution in [0.5, 0.6) is 5.75 Å². The Morgan fingerprint density at radius 2 is 1.64 bits per heavy atom. The van der Waals surface area contributed by atoms with Crippen molar-refractivity contribution in [3.8, 4) is 5.75 Å². The number of rotatable bonds is 8. The van der Waals surface area contributed by atoms with E-state index in [1.165, 1.54) is 10.6 Å². The minimum Gasteiger partial charge on any atom is -0.497 e. The fourth-order valence-electron chi connectivity index (χ4n) is 4.35. The first-order chi connectivity index (χ1) is 15.9. The number of ether oxygens (including phenoxy) is 1. The van der Waals surface area contributed by atoms with Crippen LogP contribution in [0.2, 0.25) is 0 Å². The van der Waals surface area contributed by atoms with Gasteiger partial charge in [-0.05, 0) is 61.7 Å². The van der Waals surface area contributed by atoms with E-state index in [4.69, 9.17) is 4.74 Å². The summed E-state index contributed by atoms with van der Waals surface area (Å²) < 4.78 is 34.3. The number of sulfonamides is 1. The molecule has 2 heterocycles. The number of aryl methyl sites for hydroxylation is 1. The molecular weight excluding hydrogens is 454 g/mol. The topological polar surface area (TPSA) is 61.9 Å². The Morgan fingerprint density at radius 1 is 0.970 bits per heavy atom. The van der Waals surface area contributed by atoms with Crippen molar-refractivity contribution in [2.24, 2.45) is 0 Å². The Kier molecular flexibility index (Phi) is 7.38. The van der Waals surface area contributed by atoms with E-state index in [1.54, 1.807) is 30.6 Å². The van der Waals surface area contributed by atoms with Crippen molar-refractivity contribution >= 4 is 27.0 Å². The third kappa shape index (κ3) is 5.58. The van der Waals surface area contributed by atoms with Crippen molar-refractivity contribution < 1.29 is 13.2 Å². The van der Waals surface area contributed by atoms with Crippen LogP contribution in [0.25, 0.3) is 0 Å². The van der Waals surface area contributed by atoms with Gasteiger partial charge in [0.25, 0.3) is 0 Å². The third-order valence-electron chi connectivity index (χ3n) is 6.13. The largest absolute Gasteiger partial charge is 0.497 e. The molecule has 1 aromatic heterocycles. The van der Waals surface area contributed by atoms with E-state index in [2.05, 4.69) is 38.1 Å². The molecule has 1 aliphatic rings. The van der Waals surface area contributed by atoms with Gasteiger partial charge < -0.3 is 9.64 Å². The monoisotopic (exact) mass is 485 g/mol. The van der Waals surface area contributed by atoms with Gasteiger partial charge in [-0.25, -0.2) is 13.1 Å². The maximum atomic E-state index is 13.1. The standard InChI is InChI=1S/C25H31N3O3S2/c1-19-6-12-23(13-7-19)33(29,30)26-20(2)25(24-5-4-18-32-24)28-16-14-27(15-17-28)21-8-10-22(31-3)11-9-21/h4-13,18,20,25-26H,14-17H2,1-3H3/t20-,25+/m1/s1. The van der Waals surface area contributed by atoms with Crippen molar-refractivity contribution in [1.82, 2.24) is 9.62 Å². The summed E-state index contributed by atoms with van der Waals surface area (Å²) in [6, 6.07) is 19.0. The summed E-state index contributed by atoms with van der Waals surface area (Å²) in [5.74, 6) is 0.852. The highest BCUT2D eigenvalue weighted by molar-refractivity contribution is 7.89. The second-order valence-corrected chi connectivity index (χ2v) is 11.1. The summed E-state index contributed by atoms with van der Waals surface area (Å²) in [4.78, 5) is 6.23. The molecule has 3 aromatic rings. The highest BCUT2D eigenvalue weighted by Gasteiger charge is 2.32. The Morgan fingerprint density at radius 3 is 2.21 bits per heavy atom. The first kappa shape index (κ1) is 23.8. The maximum Gasteiger partial charge on any atom is 0.240 e. The molecule has 6 nitrogen and oxygen atoms in total. The van der Waals surface area contributed by atoms with Gasteiger partial charge in [0.2, 0.25) is 10.0 Å². The molecule has 1 aliphatic heterocycles. The summed E-state index contributed by atoms with van der Waals surface area (Å²) in [5, 5.41) is 2.05. The van der Waals surface area contributed by atoms with E-state index in [0.717, 1.165) is 37.5 Å². The van der Waals surface area contributed by atoms with E-state index >= 15 is 0 Å². The Labute approximate surface area is 200 Å². The highest BCUT2D eigenvalue weighted by Crippen LogP contribution is 2.31. The van der Waals surface area contributed by atoms with E-state index in [9.17, 15) is 8.42 Å². The van der Waals surface area contributed by atoms with E-state index in [-0.39, 0.29) is 12.1 Å². The summed E-state index contributed by atoms with van der Waals surface area (Å²) in [5.41, 5.74) is 2.21. The predicted molar refractivity (Wildman–Crippen MR) is 135 cm³/mol. The summed E-state index contributed by atoms with van der Waals surface area (Å²) >= 11 is 1.67. The maximum absolute atomic E-state index is 13.1. The molecule has 2 atom stereocenters. The summed E-state index contributed by atoms with van der Waals surface area (Å²) in [7, 11) is -1.93. The van der Waals surface area contributed by atoms with Gasteiger partial charge >= 0.3 is 0 Å². The van der Waals surface area contributed by atoms with E-state index in [1.807, 2.05) is 44.2 Å². The Balaban J connectivity index is 1.48. The molecule has 176 valence electrons. The Hall–Kier alpha value is -2.39. The number of nitrogens with zero attached hydrogens (tertiary/aromatic N) is 2. The van der Waals surface area contributed by atoms with Crippen molar-refractivity contribution in [3.63, 3.8) is 0 Å². The molecule has 0 spiro atoms. The molecule has 0 aliphatic carbocycles. The van der Waals surface area contributed by atoms with Gasteiger partial charge in [-0.15, -0.1) is 11.3 Å². The minimum absolute atomic E-state index is 0.0248. The normalized spacial score (nSPS) is 17.0. The van der Waals surface area contributed by atoms with Crippen molar-refractivity contribution in [2.45, 2.75) is 30.8 Å². The lowest BCUT2D eigenvalue weighted by Crippen LogP contribution is -2.52. The molecule has 0 unspecified atom stereocenters. The van der Waals surface area contributed by atoms with Gasteiger partial charge in [0.15, 0.2) is 0 Å². The van der Waals surface area contributed by atoms with Gasteiger partial charge in [0.05, 0.1) is 18.0 Å². The van der Waals surface area contributed by atoms with Gasteiger partial charge in [0.1, 0.15) is 5.75 Å². The van der Waals surface area contributed by atoms with Gasteiger partial charge in [-0.2, -0.15) is 0 Å². The molecule has 1 N–H and O–H groups in total. The number of piperazine rings is 1. The molecule has 0 radical (unpaired) electrons. The Bertz CT molecular complexity index is 1120. The van der Waals surface area contributed by atoms with Gasteiger partial charge in [-0.3, -0.25) is 4.90 Å². The molecule has 1 fully saturated rings. The zero-order valence-corrected chi connectivity index (χ0v) is 20.9. The quantitative estimate of drug-likeness (QED) is 0.516.